The van der Waals surface area contributed by atoms with Crippen LogP contribution in [-0.4, -0.2) is 18.2 Å². The molecule has 0 aliphatic heterocycles. The van der Waals surface area contributed by atoms with Gasteiger partial charge in [-0.05, 0) is 54.4 Å². The number of nitrogens with one attached hydrogen (secondary N) is 1. The smallest absolute Gasteiger partial charge is 0.224 e. The van der Waals surface area contributed by atoms with Crippen LogP contribution in [0, 0.1) is 11.3 Å². The van der Waals surface area contributed by atoms with E-state index in [9.17, 15) is 4.79 Å². The summed E-state index contributed by atoms with van der Waals surface area (Å²) in [4.78, 5) is 12.7. The number of methoxy groups -OCH3 is 1. The van der Waals surface area contributed by atoms with E-state index in [0.717, 1.165) is 47.4 Å². The number of hydrogen-bond donors (Lipinski definition) is 1. The number of ether oxygens (including phenoxy) is 1. The number of carbonyl (C=O) groups excluding carboxylic acids is 1. The lowest BCUT2D eigenvalue weighted by Crippen LogP contribution is -2.19. The number of anilines is 1. The number of rotatable bonds is 6. The van der Waals surface area contributed by atoms with Crippen LogP contribution < -0.4 is 10.1 Å². The van der Waals surface area contributed by atoms with Gasteiger partial charge in [-0.25, -0.2) is 0 Å². The van der Waals surface area contributed by atoms with Gasteiger partial charge in [-0.3, -0.25) is 4.79 Å². The number of fused-ring (bicyclic) bond motifs is 3. The normalized spacial score (nSPS) is 13.8. The van der Waals surface area contributed by atoms with Crippen LogP contribution in [0.5, 0.6) is 5.75 Å². The monoisotopic (exact) mass is 432 g/mol. The highest BCUT2D eigenvalue weighted by Crippen LogP contribution is 2.40. The third-order valence-corrected chi connectivity index (χ3v) is 5.94. The predicted molar refractivity (Wildman–Crippen MR) is 128 cm³/mol. The van der Waals surface area contributed by atoms with Gasteiger partial charge < -0.3 is 14.6 Å². The summed E-state index contributed by atoms with van der Waals surface area (Å²) in [5.74, 6) is 1.68. The van der Waals surface area contributed by atoms with E-state index in [1.54, 1.807) is 7.11 Å². The molecule has 1 amide bonds. The maximum absolute atomic E-state index is 12.7. The largest absolute Gasteiger partial charge is 0.495 e. The quantitative estimate of drug-likeness (QED) is 0.482. The van der Waals surface area contributed by atoms with Gasteiger partial charge in [0.1, 0.15) is 11.4 Å². The average Bonchev–Trinajstić information content (AvgIpc) is 3.16. The molecule has 0 bridgehead atoms. The SMILES string of the molecule is COc1ccc(-c2onc3c2CCc2ccccc2-3)cc1NC(=O)C[C@H](C)CC(C)(C)C. The van der Waals surface area contributed by atoms with E-state index in [1.807, 2.05) is 24.3 Å². The zero-order chi connectivity index (χ0) is 22.9. The summed E-state index contributed by atoms with van der Waals surface area (Å²) in [6.07, 6.45) is 3.30. The van der Waals surface area contributed by atoms with Crippen LogP contribution in [0.15, 0.2) is 47.0 Å². The van der Waals surface area contributed by atoms with Crippen molar-refractivity contribution >= 4 is 11.6 Å². The molecule has 1 aliphatic carbocycles. The summed E-state index contributed by atoms with van der Waals surface area (Å²) in [6.45, 7) is 8.72. The Bertz CT molecular complexity index is 1120. The molecule has 1 aromatic heterocycles. The van der Waals surface area contributed by atoms with Gasteiger partial charge in [0, 0.05) is 23.1 Å². The van der Waals surface area contributed by atoms with Gasteiger partial charge >= 0.3 is 0 Å². The summed E-state index contributed by atoms with van der Waals surface area (Å²) in [7, 11) is 1.61. The Kier molecular flexibility index (Phi) is 6.09. The summed E-state index contributed by atoms with van der Waals surface area (Å²) >= 11 is 0. The maximum atomic E-state index is 12.7. The van der Waals surface area contributed by atoms with Crippen molar-refractivity contribution < 1.29 is 14.1 Å². The second-order valence-electron chi connectivity index (χ2n) is 10.0. The van der Waals surface area contributed by atoms with Gasteiger partial charge in [0.05, 0.1) is 12.8 Å². The molecule has 1 N–H and O–H groups in total. The second kappa shape index (κ2) is 8.81. The first kappa shape index (κ1) is 22.1. The Morgan fingerprint density at radius 2 is 1.97 bits per heavy atom. The van der Waals surface area contributed by atoms with Crippen molar-refractivity contribution in [2.24, 2.45) is 11.3 Å². The highest BCUT2D eigenvalue weighted by molar-refractivity contribution is 5.93. The van der Waals surface area contributed by atoms with Crippen molar-refractivity contribution in [3.05, 3.63) is 53.6 Å². The Hall–Kier alpha value is -3.08. The van der Waals surface area contributed by atoms with Gasteiger partial charge in [-0.1, -0.05) is 57.1 Å². The Labute approximate surface area is 190 Å². The molecule has 0 saturated heterocycles. The molecule has 32 heavy (non-hydrogen) atoms. The Morgan fingerprint density at radius 1 is 1.19 bits per heavy atom. The van der Waals surface area contributed by atoms with Gasteiger partial charge in [0.15, 0.2) is 5.76 Å². The molecule has 1 atom stereocenters. The fraction of sp³-hybridized carbons (Fsp3) is 0.407. The van der Waals surface area contributed by atoms with Crippen LogP contribution in [0.4, 0.5) is 5.69 Å². The van der Waals surface area contributed by atoms with Crippen molar-refractivity contribution in [2.45, 2.75) is 53.4 Å². The summed E-state index contributed by atoms with van der Waals surface area (Å²) in [6, 6.07) is 14.1. The summed E-state index contributed by atoms with van der Waals surface area (Å²) in [5, 5.41) is 7.44. The lowest BCUT2D eigenvalue weighted by Gasteiger charge is -2.23. The second-order valence-corrected chi connectivity index (χ2v) is 10.0. The highest BCUT2D eigenvalue weighted by Gasteiger charge is 2.25. The van der Waals surface area contributed by atoms with Crippen molar-refractivity contribution in [3.63, 3.8) is 0 Å². The zero-order valence-corrected chi connectivity index (χ0v) is 19.6. The van der Waals surface area contributed by atoms with Crippen molar-refractivity contribution in [3.8, 4) is 28.3 Å². The van der Waals surface area contributed by atoms with Gasteiger partial charge in [-0.15, -0.1) is 0 Å². The number of aryl methyl sites for hydroxylation is 1. The zero-order valence-electron chi connectivity index (χ0n) is 19.6. The standard InChI is InChI=1S/C27H32N2O3/c1-17(16-27(2,3)4)14-24(30)28-22-15-19(11-13-23(22)31-5)26-21-12-10-18-8-6-7-9-20(18)25(21)29-32-26/h6-9,11,13,15,17H,10,12,14,16H2,1-5H3,(H,28,30)/t17-/m0/s1. The van der Waals surface area contributed by atoms with E-state index in [-0.39, 0.29) is 11.3 Å². The number of amides is 1. The van der Waals surface area contributed by atoms with Crippen LogP contribution in [0.2, 0.25) is 0 Å². The number of nitrogens with zero attached hydrogens (tertiary/aromatic N) is 1. The number of aromatic nitrogens is 1. The van der Waals surface area contributed by atoms with E-state index in [1.165, 1.54) is 5.56 Å². The van der Waals surface area contributed by atoms with Crippen LogP contribution in [0.1, 0.15) is 51.7 Å². The molecular weight excluding hydrogens is 400 g/mol. The fourth-order valence-corrected chi connectivity index (χ4v) is 4.79. The molecule has 5 heteroatoms. The van der Waals surface area contributed by atoms with Crippen LogP contribution in [0.3, 0.4) is 0 Å². The van der Waals surface area contributed by atoms with Crippen molar-refractivity contribution in [1.29, 1.82) is 0 Å². The number of carbonyl (C=O) groups is 1. The van der Waals surface area contributed by atoms with Crippen molar-refractivity contribution in [1.82, 2.24) is 5.16 Å². The van der Waals surface area contributed by atoms with E-state index >= 15 is 0 Å². The van der Waals surface area contributed by atoms with E-state index in [0.29, 0.717) is 23.8 Å². The van der Waals surface area contributed by atoms with E-state index in [2.05, 4.69) is 56.4 Å². The molecule has 1 heterocycles. The molecule has 1 aliphatic rings. The minimum atomic E-state index is -0.00859. The molecule has 4 rings (SSSR count). The molecule has 0 unspecified atom stereocenters. The highest BCUT2D eigenvalue weighted by atomic mass is 16.5. The van der Waals surface area contributed by atoms with E-state index in [4.69, 9.17) is 9.26 Å². The molecule has 0 spiro atoms. The topological polar surface area (TPSA) is 64.4 Å². The average molecular weight is 433 g/mol. The lowest BCUT2D eigenvalue weighted by atomic mass is 9.84. The lowest BCUT2D eigenvalue weighted by molar-refractivity contribution is -0.117. The Balaban J connectivity index is 1.59. The van der Waals surface area contributed by atoms with Gasteiger partial charge in [-0.2, -0.15) is 0 Å². The van der Waals surface area contributed by atoms with Crippen LogP contribution in [0.25, 0.3) is 22.6 Å². The van der Waals surface area contributed by atoms with E-state index < -0.39 is 0 Å². The van der Waals surface area contributed by atoms with Crippen molar-refractivity contribution in [2.75, 3.05) is 12.4 Å². The molecule has 3 aromatic rings. The first-order chi connectivity index (χ1) is 15.2. The van der Waals surface area contributed by atoms with Crippen LogP contribution >= 0.6 is 0 Å². The predicted octanol–water partition coefficient (Wildman–Crippen LogP) is 6.52. The summed E-state index contributed by atoms with van der Waals surface area (Å²) in [5.41, 5.74) is 6.20. The molecule has 0 radical (unpaired) electrons. The fourth-order valence-electron chi connectivity index (χ4n) is 4.79. The van der Waals surface area contributed by atoms with Gasteiger partial charge in [0.2, 0.25) is 5.91 Å². The molecular formula is C27H32N2O3. The molecule has 5 nitrogen and oxygen atoms in total. The first-order valence-corrected chi connectivity index (χ1v) is 11.3. The first-order valence-electron chi connectivity index (χ1n) is 11.3. The van der Waals surface area contributed by atoms with Crippen LogP contribution in [-0.2, 0) is 17.6 Å². The third kappa shape index (κ3) is 4.72. The molecule has 0 saturated carbocycles. The molecule has 168 valence electrons. The van der Waals surface area contributed by atoms with Gasteiger partial charge in [0.25, 0.3) is 0 Å². The molecule has 0 fully saturated rings. The maximum Gasteiger partial charge on any atom is 0.224 e. The molecule has 2 aromatic carbocycles. The number of hydrogen-bond acceptors (Lipinski definition) is 4. The number of benzene rings is 2. The Morgan fingerprint density at radius 3 is 2.72 bits per heavy atom. The third-order valence-electron chi connectivity index (χ3n) is 5.94. The minimum Gasteiger partial charge on any atom is -0.495 e. The minimum absolute atomic E-state index is 0.00859. The summed E-state index contributed by atoms with van der Waals surface area (Å²) < 4.78 is 11.3.